The van der Waals surface area contributed by atoms with Crippen LogP contribution >= 0.6 is 0 Å². The molecule has 3 aromatic rings. The molecule has 0 aliphatic heterocycles. The molecule has 6 heteroatoms. The molecule has 0 unspecified atom stereocenters. The van der Waals surface area contributed by atoms with Crippen LogP contribution in [-0.2, 0) is 11.3 Å². The van der Waals surface area contributed by atoms with Gasteiger partial charge in [-0.2, -0.15) is 0 Å². The molecule has 0 saturated carbocycles. The lowest BCUT2D eigenvalue weighted by atomic mass is 10.2. The Hall–Kier alpha value is -3.41. The first-order valence-electron chi connectivity index (χ1n) is 8.62. The minimum absolute atomic E-state index is 0.175. The number of halogens is 1. The standard InChI is InChI=1S/C21H20FN3O2/c22-19-9-5-4-6-16(19)14-23-17-10-11-20(24-15-17)25-21(26)12-13-27-18-7-2-1-3-8-18/h1-11,15,23H,12-14H2,(H,24,25,26). The molecular formula is C21H20FN3O2. The number of pyridine rings is 1. The Balaban J connectivity index is 1.43. The Kier molecular flexibility index (Phi) is 6.35. The summed E-state index contributed by atoms with van der Waals surface area (Å²) >= 11 is 0. The first-order chi connectivity index (χ1) is 13.2. The second kappa shape index (κ2) is 9.33. The molecule has 2 N–H and O–H groups in total. The van der Waals surface area contributed by atoms with Crippen molar-refractivity contribution in [2.75, 3.05) is 17.2 Å². The van der Waals surface area contributed by atoms with E-state index in [0.717, 1.165) is 11.4 Å². The van der Waals surface area contributed by atoms with Gasteiger partial charge in [0.15, 0.2) is 0 Å². The van der Waals surface area contributed by atoms with E-state index in [-0.39, 0.29) is 24.8 Å². The molecule has 0 radical (unpaired) electrons. The molecule has 0 atom stereocenters. The molecule has 2 aromatic carbocycles. The van der Waals surface area contributed by atoms with Gasteiger partial charge in [-0.15, -0.1) is 0 Å². The van der Waals surface area contributed by atoms with E-state index < -0.39 is 0 Å². The van der Waals surface area contributed by atoms with Crippen LogP contribution in [0.15, 0.2) is 72.9 Å². The Morgan fingerprint density at radius 3 is 2.52 bits per heavy atom. The summed E-state index contributed by atoms with van der Waals surface area (Å²) in [6, 6.07) is 19.4. The molecule has 1 heterocycles. The molecule has 138 valence electrons. The molecule has 0 bridgehead atoms. The van der Waals surface area contributed by atoms with Crippen LogP contribution in [0.1, 0.15) is 12.0 Å². The molecule has 0 aliphatic rings. The third kappa shape index (κ3) is 5.81. The van der Waals surface area contributed by atoms with Crippen LogP contribution in [0.2, 0.25) is 0 Å². The van der Waals surface area contributed by atoms with Crippen LogP contribution in [0.3, 0.4) is 0 Å². The zero-order valence-corrected chi connectivity index (χ0v) is 14.7. The van der Waals surface area contributed by atoms with Crippen LogP contribution < -0.4 is 15.4 Å². The molecule has 0 saturated heterocycles. The van der Waals surface area contributed by atoms with E-state index >= 15 is 0 Å². The normalized spacial score (nSPS) is 10.3. The largest absolute Gasteiger partial charge is 0.493 e. The fraction of sp³-hybridized carbons (Fsp3) is 0.143. The van der Waals surface area contributed by atoms with Gasteiger partial charge in [-0.1, -0.05) is 36.4 Å². The molecule has 0 spiro atoms. The molecule has 5 nitrogen and oxygen atoms in total. The van der Waals surface area contributed by atoms with E-state index in [1.165, 1.54) is 6.07 Å². The van der Waals surface area contributed by atoms with Crippen molar-refractivity contribution < 1.29 is 13.9 Å². The van der Waals surface area contributed by atoms with Gasteiger partial charge in [0, 0.05) is 12.1 Å². The van der Waals surface area contributed by atoms with Gasteiger partial charge in [0.05, 0.1) is 24.9 Å². The number of anilines is 2. The Morgan fingerprint density at radius 2 is 1.78 bits per heavy atom. The minimum atomic E-state index is -0.250. The molecule has 0 fully saturated rings. The van der Waals surface area contributed by atoms with E-state index in [4.69, 9.17) is 4.74 Å². The molecule has 27 heavy (non-hydrogen) atoms. The Morgan fingerprint density at radius 1 is 1.00 bits per heavy atom. The molecule has 3 rings (SSSR count). The van der Waals surface area contributed by atoms with Gasteiger partial charge in [0.1, 0.15) is 17.4 Å². The number of carbonyl (C=O) groups excluding carboxylic acids is 1. The van der Waals surface area contributed by atoms with Crippen LogP contribution in [0.4, 0.5) is 15.9 Å². The number of hydrogen-bond donors (Lipinski definition) is 2. The zero-order valence-electron chi connectivity index (χ0n) is 14.7. The molecule has 1 amide bonds. The molecule has 0 aliphatic carbocycles. The number of amides is 1. The summed E-state index contributed by atoms with van der Waals surface area (Å²) in [5, 5.41) is 5.82. The maximum absolute atomic E-state index is 13.6. The summed E-state index contributed by atoms with van der Waals surface area (Å²) in [6.45, 7) is 0.648. The van der Waals surface area contributed by atoms with Crippen LogP contribution in [-0.4, -0.2) is 17.5 Å². The highest BCUT2D eigenvalue weighted by Crippen LogP contribution is 2.13. The average Bonchev–Trinajstić information content (AvgIpc) is 2.69. The Bertz CT molecular complexity index is 870. The van der Waals surface area contributed by atoms with Crippen molar-refractivity contribution >= 4 is 17.4 Å². The molecule has 1 aromatic heterocycles. The number of para-hydroxylation sites is 1. The highest BCUT2D eigenvalue weighted by molar-refractivity contribution is 5.89. The monoisotopic (exact) mass is 365 g/mol. The van der Waals surface area contributed by atoms with Crippen LogP contribution in [0.25, 0.3) is 0 Å². The quantitative estimate of drug-likeness (QED) is 0.627. The summed E-state index contributed by atoms with van der Waals surface area (Å²) in [7, 11) is 0. The summed E-state index contributed by atoms with van der Waals surface area (Å²) < 4.78 is 19.1. The maximum Gasteiger partial charge on any atom is 0.228 e. The topological polar surface area (TPSA) is 63.2 Å². The summed E-state index contributed by atoms with van der Waals surface area (Å²) in [5.41, 5.74) is 1.32. The van der Waals surface area contributed by atoms with Gasteiger partial charge >= 0.3 is 0 Å². The summed E-state index contributed by atoms with van der Waals surface area (Å²) in [5.74, 6) is 0.759. The SMILES string of the molecule is O=C(CCOc1ccccc1)Nc1ccc(NCc2ccccc2F)cn1. The van der Waals surface area contributed by atoms with Gasteiger partial charge in [-0.05, 0) is 30.3 Å². The van der Waals surface area contributed by atoms with Crippen molar-refractivity contribution in [1.82, 2.24) is 4.98 Å². The minimum Gasteiger partial charge on any atom is -0.493 e. The van der Waals surface area contributed by atoms with Crippen molar-refractivity contribution in [1.29, 1.82) is 0 Å². The average molecular weight is 365 g/mol. The number of benzene rings is 2. The lowest BCUT2D eigenvalue weighted by Gasteiger charge is -2.09. The highest BCUT2D eigenvalue weighted by Gasteiger charge is 2.05. The second-order valence-corrected chi connectivity index (χ2v) is 5.84. The first kappa shape index (κ1) is 18.4. The second-order valence-electron chi connectivity index (χ2n) is 5.84. The van der Waals surface area contributed by atoms with Crippen LogP contribution in [0, 0.1) is 5.82 Å². The maximum atomic E-state index is 13.6. The third-order valence-corrected chi connectivity index (χ3v) is 3.81. The fourth-order valence-electron chi connectivity index (χ4n) is 2.40. The van der Waals surface area contributed by atoms with Crippen molar-refractivity contribution in [3.8, 4) is 5.75 Å². The van der Waals surface area contributed by atoms with Crippen molar-refractivity contribution in [2.45, 2.75) is 13.0 Å². The number of hydrogen-bond acceptors (Lipinski definition) is 4. The van der Waals surface area contributed by atoms with Gasteiger partial charge in [0.2, 0.25) is 5.91 Å². The van der Waals surface area contributed by atoms with E-state index in [2.05, 4.69) is 15.6 Å². The smallest absolute Gasteiger partial charge is 0.228 e. The third-order valence-electron chi connectivity index (χ3n) is 3.81. The van der Waals surface area contributed by atoms with Crippen molar-refractivity contribution in [2.24, 2.45) is 0 Å². The predicted octanol–water partition coefficient (Wildman–Crippen LogP) is 4.24. The van der Waals surface area contributed by atoms with Gasteiger partial charge < -0.3 is 15.4 Å². The number of rotatable bonds is 8. The predicted molar refractivity (Wildman–Crippen MR) is 103 cm³/mol. The van der Waals surface area contributed by atoms with Crippen molar-refractivity contribution in [3.63, 3.8) is 0 Å². The number of carbonyl (C=O) groups is 1. The number of nitrogens with one attached hydrogen (secondary N) is 2. The highest BCUT2D eigenvalue weighted by atomic mass is 19.1. The van der Waals surface area contributed by atoms with Gasteiger partial charge in [0.25, 0.3) is 0 Å². The zero-order chi connectivity index (χ0) is 18.9. The number of nitrogens with zero attached hydrogens (tertiary/aromatic N) is 1. The van der Waals surface area contributed by atoms with Gasteiger partial charge in [-0.3, -0.25) is 4.79 Å². The van der Waals surface area contributed by atoms with E-state index in [1.807, 2.05) is 30.3 Å². The summed E-state index contributed by atoms with van der Waals surface area (Å²) in [4.78, 5) is 16.1. The lowest BCUT2D eigenvalue weighted by molar-refractivity contribution is -0.116. The van der Waals surface area contributed by atoms with Crippen LogP contribution in [0.5, 0.6) is 5.75 Å². The Labute approximate surface area is 157 Å². The van der Waals surface area contributed by atoms with Gasteiger partial charge in [-0.25, -0.2) is 9.37 Å². The fourth-order valence-corrected chi connectivity index (χ4v) is 2.40. The molecular weight excluding hydrogens is 345 g/mol. The van der Waals surface area contributed by atoms with Crippen molar-refractivity contribution in [3.05, 3.63) is 84.3 Å². The first-order valence-corrected chi connectivity index (χ1v) is 8.62. The van der Waals surface area contributed by atoms with E-state index in [9.17, 15) is 9.18 Å². The summed E-state index contributed by atoms with van der Waals surface area (Å²) in [6.07, 6.45) is 1.82. The number of ether oxygens (including phenoxy) is 1. The van der Waals surface area contributed by atoms with E-state index in [0.29, 0.717) is 17.9 Å². The van der Waals surface area contributed by atoms with E-state index in [1.54, 1.807) is 36.5 Å². The number of aromatic nitrogens is 1. The lowest BCUT2D eigenvalue weighted by Crippen LogP contribution is -2.16.